The van der Waals surface area contributed by atoms with Gasteiger partial charge >= 0.3 is 0 Å². The summed E-state index contributed by atoms with van der Waals surface area (Å²) in [6, 6.07) is 1.86. The van der Waals surface area contributed by atoms with E-state index in [0.29, 0.717) is 13.1 Å². The molecule has 6 heteroatoms. The summed E-state index contributed by atoms with van der Waals surface area (Å²) in [4.78, 5) is 28.9. The maximum atomic E-state index is 12.7. The quantitative estimate of drug-likeness (QED) is 0.846. The number of thiophene rings is 1. The molecule has 1 aromatic rings. The normalized spacial score (nSPS) is 16.5. The van der Waals surface area contributed by atoms with E-state index < -0.39 is 0 Å². The molecule has 0 saturated carbocycles. The van der Waals surface area contributed by atoms with Gasteiger partial charge in [0.05, 0.1) is 11.0 Å². The summed E-state index contributed by atoms with van der Waals surface area (Å²) < 4.78 is 0. The number of carbonyl (C=O) groups is 2. The van der Waals surface area contributed by atoms with Gasteiger partial charge in [-0.2, -0.15) is 23.1 Å². The first-order valence-electron chi connectivity index (χ1n) is 7.55. The smallest absolute Gasteiger partial charge is 0.254 e. The second kappa shape index (κ2) is 7.51. The van der Waals surface area contributed by atoms with Crippen molar-refractivity contribution in [2.75, 3.05) is 38.2 Å². The van der Waals surface area contributed by atoms with Crippen molar-refractivity contribution in [2.45, 2.75) is 20.3 Å². The van der Waals surface area contributed by atoms with Crippen molar-refractivity contribution < 1.29 is 9.59 Å². The molecular formula is C16H24N2O2S2. The van der Waals surface area contributed by atoms with Crippen LogP contribution in [0.5, 0.6) is 0 Å². The van der Waals surface area contributed by atoms with Crippen LogP contribution in [0.4, 0.5) is 0 Å². The van der Waals surface area contributed by atoms with Gasteiger partial charge in [0.2, 0.25) is 5.91 Å². The summed E-state index contributed by atoms with van der Waals surface area (Å²) in [5, 5.41) is 3.81. The zero-order valence-electron chi connectivity index (χ0n) is 13.5. The minimum atomic E-state index is -0.341. The Morgan fingerprint density at radius 1 is 1.23 bits per heavy atom. The third kappa shape index (κ3) is 4.04. The number of thioether (sulfide) groups is 1. The van der Waals surface area contributed by atoms with Crippen LogP contribution in [-0.2, 0) is 4.79 Å². The van der Waals surface area contributed by atoms with Crippen LogP contribution in [0.3, 0.4) is 0 Å². The van der Waals surface area contributed by atoms with Crippen LogP contribution < -0.4 is 0 Å². The molecule has 0 aliphatic carbocycles. The fourth-order valence-corrected chi connectivity index (χ4v) is 4.22. The Morgan fingerprint density at radius 2 is 1.91 bits per heavy atom. The molecule has 0 spiro atoms. The van der Waals surface area contributed by atoms with Gasteiger partial charge in [-0.15, -0.1) is 0 Å². The molecule has 1 aliphatic rings. The molecule has 1 aliphatic heterocycles. The maximum Gasteiger partial charge on any atom is 0.254 e. The minimum Gasteiger partial charge on any atom is -0.340 e. The molecule has 0 unspecified atom stereocenters. The van der Waals surface area contributed by atoms with Crippen molar-refractivity contribution in [1.82, 2.24) is 9.80 Å². The van der Waals surface area contributed by atoms with Crippen molar-refractivity contribution in [3.8, 4) is 0 Å². The Balaban J connectivity index is 1.98. The van der Waals surface area contributed by atoms with E-state index >= 15 is 0 Å². The molecule has 0 atom stereocenters. The highest BCUT2D eigenvalue weighted by Crippen LogP contribution is 2.24. The second-order valence-corrected chi connectivity index (χ2v) is 7.91. The number of hydrogen-bond donors (Lipinski definition) is 0. The van der Waals surface area contributed by atoms with Crippen molar-refractivity contribution in [2.24, 2.45) is 5.41 Å². The monoisotopic (exact) mass is 340 g/mol. The predicted octanol–water partition coefficient (Wildman–Crippen LogP) is 2.81. The lowest BCUT2D eigenvalue weighted by molar-refractivity contribution is -0.139. The lowest BCUT2D eigenvalue weighted by Gasteiger charge is -2.30. The van der Waals surface area contributed by atoms with E-state index in [9.17, 15) is 9.59 Å². The summed E-state index contributed by atoms with van der Waals surface area (Å²) >= 11 is 3.24. The average Bonchev–Trinajstić information content (AvgIpc) is 2.90. The molecule has 122 valence electrons. The zero-order chi connectivity index (χ0) is 16.2. The fourth-order valence-electron chi connectivity index (χ4n) is 2.74. The number of amides is 2. The topological polar surface area (TPSA) is 40.6 Å². The lowest BCUT2D eigenvalue weighted by Crippen LogP contribution is -2.44. The van der Waals surface area contributed by atoms with Gasteiger partial charge < -0.3 is 9.80 Å². The molecule has 4 nitrogen and oxygen atoms in total. The van der Waals surface area contributed by atoms with Crippen LogP contribution in [0.2, 0.25) is 0 Å². The van der Waals surface area contributed by atoms with Gasteiger partial charge in [-0.1, -0.05) is 13.8 Å². The number of rotatable bonds is 4. The Bertz CT molecular complexity index is 514. The van der Waals surface area contributed by atoms with Crippen molar-refractivity contribution in [1.29, 1.82) is 0 Å². The SMILES string of the molecule is CSCC(C)(C)C(=O)N1CCCN(C(=O)c2ccsc2)CC1. The molecule has 1 fully saturated rings. The summed E-state index contributed by atoms with van der Waals surface area (Å²) in [7, 11) is 0. The third-order valence-electron chi connectivity index (χ3n) is 3.92. The molecule has 2 amide bonds. The first-order chi connectivity index (χ1) is 10.5. The van der Waals surface area contributed by atoms with Crippen LogP contribution in [-0.4, -0.2) is 59.8 Å². The van der Waals surface area contributed by atoms with E-state index in [4.69, 9.17) is 0 Å². The summed E-state index contributed by atoms with van der Waals surface area (Å²) in [5.41, 5.74) is 0.416. The van der Waals surface area contributed by atoms with Gasteiger partial charge in [-0.3, -0.25) is 9.59 Å². The van der Waals surface area contributed by atoms with E-state index in [1.807, 2.05) is 46.7 Å². The molecule has 0 bridgehead atoms. The Labute approximate surface area is 140 Å². The van der Waals surface area contributed by atoms with Crippen LogP contribution in [0, 0.1) is 5.41 Å². The maximum absolute atomic E-state index is 12.7. The molecule has 0 radical (unpaired) electrons. The molecule has 2 rings (SSSR count). The molecule has 22 heavy (non-hydrogen) atoms. The molecule has 0 N–H and O–H groups in total. The highest BCUT2D eigenvalue weighted by molar-refractivity contribution is 7.98. The van der Waals surface area contributed by atoms with Crippen molar-refractivity contribution in [3.05, 3.63) is 22.4 Å². The fraction of sp³-hybridized carbons (Fsp3) is 0.625. The molecule has 0 aromatic carbocycles. The van der Waals surface area contributed by atoms with E-state index in [0.717, 1.165) is 30.8 Å². The van der Waals surface area contributed by atoms with E-state index in [2.05, 4.69) is 0 Å². The number of nitrogens with zero attached hydrogens (tertiary/aromatic N) is 2. The summed E-state index contributed by atoms with van der Waals surface area (Å²) in [6.07, 6.45) is 2.87. The van der Waals surface area contributed by atoms with Gasteiger partial charge in [0.1, 0.15) is 0 Å². The first kappa shape index (κ1) is 17.3. The molecule has 2 heterocycles. The Morgan fingerprint density at radius 3 is 2.55 bits per heavy atom. The van der Waals surface area contributed by atoms with Crippen molar-refractivity contribution in [3.63, 3.8) is 0 Å². The first-order valence-corrected chi connectivity index (χ1v) is 9.89. The van der Waals surface area contributed by atoms with Gasteiger partial charge in [0.15, 0.2) is 0 Å². The lowest BCUT2D eigenvalue weighted by atomic mass is 9.94. The standard InChI is InChI=1S/C16H24N2O2S2/c1-16(2,12-21-3)15(20)18-7-4-6-17(8-9-18)14(19)13-5-10-22-11-13/h5,10-11H,4,6-9,12H2,1-3H3. The number of carbonyl (C=O) groups excluding carboxylic acids is 2. The van der Waals surface area contributed by atoms with Gasteiger partial charge in [0.25, 0.3) is 5.91 Å². The Kier molecular flexibility index (Phi) is 5.92. The zero-order valence-corrected chi connectivity index (χ0v) is 15.1. The van der Waals surface area contributed by atoms with E-state index in [1.54, 1.807) is 11.8 Å². The van der Waals surface area contributed by atoms with E-state index in [-0.39, 0.29) is 17.2 Å². The van der Waals surface area contributed by atoms with E-state index in [1.165, 1.54) is 11.3 Å². The summed E-state index contributed by atoms with van der Waals surface area (Å²) in [5.74, 6) is 1.10. The van der Waals surface area contributed by atoms with Crippen LogP contribution in [0.25, 0.3) is 0 Å². The van der Waals surface area contributed by atoms with Gasteiger partial charge in [-0.25, -0.2) is 0 Å². The molecule has 1 aromatic heterocycles. The second-order valence-electron chi connectivity index (χ2n) is 6.27. The van der Waals surface area contributed by atoms with Crippen LogP contribution >= 0.6 is 23.1 Å². The average molecular weight is 341 g/mol. The highest BCUT2D eigenvalue weighted by Gasteiger charge is 2.33. The Hall–Kier alpha value is -1.01. The predicted molar refractivity (Wildman–Crippen MR) is 93.6 cm³/mol. The largest absolute Gasteiger partial charge is 0.340 e. The van der Waals surface area contributed by atoms with Crippen molar-refractivity contribution >= 4 is 34.9 Å². The highest BCUT2D eigenvalue weighted by atomic mass is 32.2. The van der Waals surface area contributed by atoms with Gasteiger partial charge in [0, 0.05) is 37.3 Å². The van der Waals surface area contributed by atoms with Crippen LogP contribution in [0.1, 0.15) is 30.6 Å². The number of hydrogen-bond acceptors (Lipinski definition) is 4. The summed E-state index contributed by atoms with van der Waals surface area (Å²) in [6.45, 7) is 6.73. The minimum absolute atomic E-state index is 0.0823. The third-order valence-corrected chi connectivity index (χ3v) is 5.62. The van der Waals surface area contributed by atoms with Crippen LogP contribution in [0.15, 0.2) is 16.8 Å². The van der Waals surface area contributed by atoms with Gasteiger partial charge in [-0.05, 0) is 24.1 Å². The molecular weight excluding hydrogens is 316 g/mol. The molecule has 1 saturated heterocycles.